The van der Waals surface area contributed by atoms with E-state index in [9.17, 15) is 14.4 Å². The van der Waals surface area contributed by atoms with Crippen LogP contribution in [0, 0.1) is 0 Å². The number of amides is 3. The van der Waals surface area contributed by atoms with Gasteiger partial charge in [-0.3, -0.25) is 9.59 Å². The molecule has 0 radical (unpaired) electrons. The maximum atomic E-state index is 12.7. The molecule has 142 valence electrons. The molecule has 1 aliphatic heterocycles. The van der Waals surface area contributed by atoms with Crippen LogP contribution in [0.15, 0.2) is 18.2 Å². The number of aromatic nitrogens is 1. The Kier molecular flexibility index (Phi) is 6.94. The van der Waals surface area contributed by atoms with E-state index in [-0.39, 0.29) is 35.3 Å². The Bertz CT molecular complexity index is 656. The second-order valence-corrected chi connectivity index (χ2v) is 6.17. The molecule has 0 aromatic carbocycles. The normalized spacial score (nSPS) is 15.3. The van der Waals surface area contributed by atoms with E-state index in [1.54, 1.807) is 34.9 Å². The van der Waals surface area contributed by atoms with Gasteiger partial charge in [-0.1, -0.05) is 13.0 Å². The molecule has 2 rings (SSSR count). The van der Waals surface area contributed by atoms with Crippen LogP contribution in [0.5, 0.6) is 0 Å². The SMILES string of the molecule is CCOC(=O)N1CCN(C(=O)c2cccc(C(=O)NC(C)CC)n2)CC1. The first-order valence-corrected chi connectivity index (χ1v) is 8.95. The van der Waals surface area contributed by atoms with Crippen LogP contribution in [0.2, 0.25) is 0 Å². The van der Waals surface area contributed by atoms with Gasteiger partial charge >= 0.3 is 6.09 Å². The molecule has 8 heteroatoms. The number of carbonyl (C=O) groups is 3. The lowest BCUT2D eigenvalue weighted by atomic mass is 10.2. The summed E-state index contributed by atoms with van der Waals surface area (Å²) in [5, 5.41) is 2.84. The molecule has 1 aromatic heterocycles. The summed E-state index contributed by atoms with van der Waals surface area (Å²) in [7, 11) is 0. The summed E-state index contributed by atoms with van der Waals surface area (Å²) in [6.45, 7) is 7.62. The molecular formula is C18H26N4O4. The lowest BCUT2D eigenvalue weighted by Crippen LogP contribution is -2.50. The minimum atomic E-state index is -0.360. The zero-order chi connectivity index (χ0) is 19.1. The number of nitrogens with one attached hydrogen (secondary N) is 1. The Morgan fingerprint density at radius 1 is 1.12 bits per heavy atom. The number of hydrogen-bond donors (Lipinski definition) is 1. The minimum Gasteiger partial charge on any atom is -0.450 e. The van der Waals surface area contributed by atoms with E-state index in [2.05, 4.69) is 10.3 Å². The monoisotopic (exact) mass is 362 g/mol. The van der Waals surface area contributed by atoms with Crippen LogP contribution in [0.1, 0.15) is 48.2 Å². The topological polar surface area (TPSA) is 91.8 Å². The number of piperazine rings is 1. The lowest BCUT2D eigenvalue weighted by molar-refractivity contribution is 0.0565. The zero-order valence-electron chi connectivity index (χ0n) is 15.5. The second-order valence-electron chi connectivity index (χ2n) is 6.17. The fraction of sp³-hybridized carbons (Fsp3) is 0.556. The van der Waals surface area contributed by atoms with Crippen LogP contribution in [-0.4, -0.2) is 71.5 Å². The summed E-state index contributed by atoms with van der Waals surface area (Å²) < 4.78 is 4.97. The van der Waals surface area contributed by atoms with E-state index < -0.39 is 0 Å². The van der Waals surface area contributed by atoms with Crippen molar-refractivity contribution in [3.05, 3.63) is 29.6 Å². The highest BCUT2D eigenvalue weighted by Crippen LogP contribution is 2.09. The van der Waals surface area contributed by atoms with Gasteiger partial charge in [0.2, 0.25) is 0 Å². The second kappa shape index (κ2) is 9.17. The standard InChI is InChI=1S/C18H26N4O4/c1-4-13(3)19-16(23)14-7-6-8-15(20-14)17(24)21-9-11-22(12-10-21)18(25)26-5-2/h6-8,13H,4-5,9-12H2,1-3H3,(H,19,23). The Morgan fingerprint density at radius 2 is 1.73 bits per heavy atom. The van der Waals surface area contributed by atoms with Crippen molar-refractivity contribution in [1.82, 2.24) is 20.1 Å². The fourth-order valence-corrected chi connectivity index (χ4v) is 2.55. The van der Waals surface area contributed by atoms with Crippen molar-refractivity contribution in [2.45, 2.75) is 33.2 Å². The average Bonchev–Trinajstić information content (AvgIpc) is 2.67. The molecule has 1 unspecified atom stereocenters. The maximum absolute atomic E-state index is 12.7. The summed E-state index contributed by atoms with van der Waals surface area (Å²) in [4.78, 5) is 44.0. The average molecular weight is 362 g/mol. The van der Waals surface area contributed by atoms with Crippen molar-refractivity contribution in [2.75, 3.05) is 32.8 Å². The highest BCUT2D eigenvalue weighted by Gasteiger charge is 2.26. The van der Waals surface area contributed by atoms with Crippen molar-refractivity contribution < 1.29 is 19.1 Å². The van der Waals surface area contributed by atoms with Gasteiger partial charge in [0.1, 0.15) is 11.4 Å². The number of carbonyl (C=O) groups excluding carboxylic acids is 3. The van der Waals surface area contributed by atoms with Crippen LogP contribution < -0.4 is 5.32 Å². The molecule has 1 aromatic rings. The van der Waals surface area contributed by atoms with Crippen molar-refractivity contribution in [1.29, 1.82) is 0 Å². The third kappa shape index (κ3) is 4.93. The Hall–Kier alpha value is -2.64. The molecule has 1 aliphatic rings. The van der Waals surface area contributed by atoms with Gasteiger partial charge in [-0.05, 0) is 32.4 Å². The first-order chi connectivity index (χ1) is 12.5. The van der Waals surface area contributed by atoms with Gasteiger partial charge in [0.05, 0.1) is 6.61 Å². The highest BCUT2D eigenvalue weighted by molar-refractivity contribution is 5.96. The lowest BCUT2D eigenvalue weighted by Gasteiger charge is -2.33. The van der Waals surface area contributed by atoms with Gasteiger partial charge in [0.15, 0.2) is 0 Å². The quantitative estimate of drug-likeness (QED) is 0.857. The number of rotatable bonds is 5. The van der Waals surface area contributed by atoms with Crippen LogP contribution in [0.3, 0.4) is 0 Å². The third-order valence-corrected chi connectivity index (χ3v) is 4.28. The predicted octanol–water partition coefficient (Wildman–Crippen LogP) is 1.52. The van der Waals surface area contributed by atoms with Gasteiger partial charge in [0, 0.05) is 32.2 Å². The molecule has 0 bridgehead atoms. The van der Waals surface area contributed by atoms with E-state index in [0.29, 0.717) is 32.8 Å². The van der Waals surface area contributed by atoms with E-state index >= 15 is 0 Å². The van der Waals surface area contributed by atoms with E-state index in [1.807, 2.05) is 13.8 Å². The van der Waals surface area contributed by atoms with Gasteiger partial charge in [-0.2, -0.15) is 0 Å². The summed E-state index contributed by atoms with van der Waals surface area (Å²) in [6, 6.07) is 4.88. The Labute approximate surface area is 153 Å². The van der Waals surface area contributed by atoms with Gasteiger partial charge in [-0.15, -0.1) is 0 Å². The third-order valence-electron chi connectivity index (χ3n) is 4.28. The molecular weight excluding hydrogens is 336 g/mol. The van der Waals surface area contributed by atoms with Crippen molar-refractivity contribution in [3.63, 3.8) is 0 Å². The van der Waals surface area contributed by atoms with Crippen molar-refractivity contribution in [2.24, 2.45) is 0 Å². The molecule has 0 aliphatic carbocycles. The van der Waals surface area contributed by atoms with Gasteiger partial charge in [0.25, 0.3) is 11.8 Å². The molecule has 8 nitrogen and oxygen atoms in total. The van der Waals surface area contributed by atoms with Crippen LogP contribution >= 0.6 is 0 Å². The molecule has 1 fully saturated rings. The number of ether oxygens (including phenoxy) is 1. The number of pyridine rings is 1. The van der Waals surface area contributed by atoms with Crippen molar-refractivity contribution >= 4 is 17.9 Å². The first-order valence-electron chi connectivity index (χ1n) is 8.95. The Balaban J connectivity index is 1.99. The van der Waals surface area contributed by atoms with Crippen LogP contribution in [0.4, 0.5) is 4.79 Å². The molecule has 1 saturated heterocycles. The van der Waals surface area contributed by atoms with E-state index in [4.69, 9.17) is 4.74 Å². The van der Waals surface area contributed by atoms with Gasteiger partial charge < -0.3 is 19.9 Å². The minimum absolute atomic E-state index is 0.0413. The van der Waals surface area contributed by atoms with Crippen LogP contribution in [0.25, 0.3) is 0 Å². The fourth-order valence-electron chi connectivity index (χ4n) is 2.55. The molecule has 3 amide bonds. The smallest absolute Gasteiger partial charge is 0.409 e. The molecule has 0 saturated carbocycles. The maximum Gasteiger partial charge on any atom is 0.409 e. The van der Waals surface area contributed by atoms with E-state index in [1.165, 1.54) is 0 Å². The summed E-state index contributed by atoms with van der Waals surface area (Å²) in [5.74, 6) is -0.534. The summed E-state index contributed by atoms with van der Waals surface area (Å²) >= 11 is 0. The molecule has 2 heterocycles. The highest BCUT2D eigenvalue weighted by atomic mass is 16.6. The summed E-state index contributed by atoms with van der Waals surface area (Å²) in [6.07, 6.45) is 0.455. The first kappa shape index (κ1) is 19.7. The largest absolute Gasteiger partial charge is 0.450 e. The zero-order valence-corrected chi connectivity index (χ0v) is 15.5. The number of hydrogen-bond acceptors (Lipinski definition) is 5. The van der Waals surface area contributed by atoms with Crippen molar-refractivity contribution in [3.8, 4) is 0 Å². The van der Waals surface area contributed by atoms with Gasteiger partial charge in [-0.25, -0.2) is 9.78 Å². The number of nitrogens with zero attached hydrogens (tertiary/aromatic N) is 3. The summed E-state index contributed by atoms with van der Waals surface area (Å²) in [5.41, 5.74) is 0.452. The molecule has 1 N–H and O–H groups in total. The molecule has 0 spiro atoms. The molecule has 1 atom stereocenters. The predicted molar refractivity (Wildman–Crippen MR) is 96.0 cm³/mol. The Morgan fingerprint density at radius 3 is 2.35 bits per heavy atom. The molecule has 26 heavy (non-hydrogen) atoms. The van der Waals surface area contributed by atoms with Crippen LogP contribution in [-0.2, 0) is 4.74 Å². The van der Waals surface area contributed by atoms with E-state index in [0.717, 1.165) is 6.42 Å².